The minimum atomic E-state index is -0.762. The van der Waals surface area contributed by atoms with Crippen molar-refractivity contribution in [3.63, 3.8) is 0 Å². The van der Waals surface area contributed by atoms with Gasteiger partial charge in [-0.15, -0.1) is 0 Å². The zero-order valence-electron chi connectivity index (χ0n) is 15.4. The zero-order chi connectivity index (χ0) is 19.8. The molecule has 2 aromatic rings. The Labute approximate surface area is 172 Å². The number of nitrogens with one attached hydrogen (secondary N) is 3. The van der Waals surface area contributed by atoms with E-state index in [1.54, 1.807) is 6.26 Å². The Kier molecular flexibility index (Phi) is 7.25. The van der Waals surface area contributed by atoms with Crippen LogP contribution in [-0.2, 0) is 16.1 Å². The highest BCUT2D eigenvalue weighted by molar-refractivity contribution is 9.10. The number of hydrogen-bond donors (Lipinski definition) is 3. The lowest BCUT2D eigenvalue weighted by Gasteiger charge is -2.22. The largest absolute Gasteiger partial charge is 0.467 e. The maximum atomic E-state index is 12.0. The Morgan fingerprint density at radius 2 is 2.00 bits per heavy atom. The fourth-order valence-electron chi connectivity index (χ4n) is 3.11. The Morgan fingerprint density at radius 1 is 1.18 bits per heavy atom. The number of halogens is 1. The summed E-state index contributed by atoms with van der Waals surface area (Å²) in [6.45, 7) is 0.519. The number of carbonyl (C=O) groups is 2. The molecule has 1 fully saturated rings. The van der Waals surface area contributed by atoms with Crippen molar-refractivity contribution in [3.05, 3.63) is 52.4 Å². The summed E-state index contributed by atoms with van der Waals surface area (Å²) in [5.74, 6) is -0.602. The first kappa shape index (κ1) is 20.1. The van der Waals surface area contributed by atoms with Crippen LogP contribution in [0, 0.1) is 0 Å². The topological polar surface area (TPSA) is 95.7 Å². The third-order valence-corrected chi connectivity index (χ3v) is 5.06. The lowest BCUT2D eigenvalue weighted by molar-refractivity contribution is -0.139. The Bertz CT molecular complexity index is 830. The lowest BCUT2D eigenvalue weighted by atomic mass is 9.95. The van der Waals surface area contributed by atoms with Gasteiger partial charge in [0.05, 0.1) is 19.0 Å². The smallest absolute Gasteiger partial charge is 0.329 e. The summed E-state index contributed by atoms with van der Waals surface area (Å²) >= 11 is 3.43. The van der Waals surface area contributed by atoms with Crippen LogP contribution < -0.4 is 16.1 Å². The van der Waals surface area contributed by atoms with Gasteiger partial charge in [-0.3, -0.25) is 9.59 Å². The van der Waals surface area contributed by atoms with Crippen LogP contribution in [0.1, 0.15) is 43.4 Å². The molecule has 0 unspecified atom stereocenters. The van der Waals surface area contributed by atoms with Gasteiger partial charge in [-0.05, 0) is 43.2 Å². The van der Waals surface area contributed by atoms with Gasteiger partial charge in [0.15, 0.2) is 0 Å². The van der Waals surface area contributed by atoms with E-state index in [2.05, 4.69) is 37.1 Å². The minimum absolute atomic E-state index is 0.0819. The highest BCUT2D eigenvalue weighted by Gasteiger charge is 2.19. The second kappa shape index (κ2) is 10.1. The maximum absolute atomic E-state index is 12.0. The first-order valence-electron chi connectivity index (χ1n) is 9.31. The molecule has 0 bridgehead atoms. The number of hydrazone groups is 1. The molecular weight excluding hydrogens is 424 g/mol. The summed E-state index contributed by atoms with van der Waals surface area (Å²) in [4.78, 5) is 23.9. The van der Waals surface area contributed by atoms with Crippen molar-refractivity contribution in [2.45, 2.75) is 44.7 Å². The molecule has 1 aromatic heterocycles. The van der Waals surface area contributed by atoms with Gasteiger partial charge in [-0.25, -0.2) is 5.43 Å². The van der Waals surface area contributed by atoms with Crippen LogP contribution in [-0.4, -0.2) is 24.1 Å². The predicted octanol–water partition coefficient (Wildman–Crippen LogP) is 3.55. The number of carbonyl (C=O) groups excluding carboxylic acids is 2. The van der Waals surface area contributed by atoms with Gasteiger partial charge in [0.25, 0.3) is 0 Å². The lowest BCUT2D eigenvalue weighted by Crippen LogP contribution is -2.44. The molecule has 2 amide bonds. The van der Waals surface area contributed by atoms with Crippen molar-refractivity contribution in [1.29, 1.82) is 0 Å². The van der Waals surface area contributed by atoms with Crippen molar-refractivity contribution >= 4 is 39.6 Å². The van der Waals surface area contributed by atoms with Crippen LogP contribution >= 0.6 is 15.9 Å². The average molecular weight is 447 g/mol. The molecule has 28 heavy (non-hydrogen) atoms. The Morgan fingerprint density at radius 3 is 2.75 bits per heavy atom. The molecule has 3 N–H and O–H groups in total. The van der Waals surface area contributed by atoms with E-state index < -0.39 is 11.8 Å². The molecule has 8 heteroatoms. The van der Waals surface area contributed by atoms with Crippen molar-refractivity contribution in [2.24, 2.45) is 5.10 Å². The van der Waals surface area contributed by atoms with Gasteiger partial charge < -0.3 is 15.1 Å². The molecule has 0 spiro atoms. The first-order valence-corrected chi connectivity index (χ1v) is 10.1. The molecule has 1 aromatic carbocycles. The van der Waals surface area contributed by atoms with Crippen molar-refractivity contribution < 1.29 is 14.0 Å². The molecule has 148 valence electrons. The van der Waals surface area contributed by atoms with E-state index in [4.69, 9.17) is 4.42 Å². The second-order valence-electron chi connectivity index (χ2n) is 6.67. The molecule has 7 nitrogen and oxygen atoms in total. The maximum Gasteiger partial charge on any atom is 0.329 e. The average Bonchev–Trinajstić information content (AvgIpc) is 3.21. The van der Waals surface area contributed by atoms with E-state index in [1.807, 2.05) is 30.3 Å². The summed E-state index contributed by atoms with van der Waals surface area (Å²) in [6, 6.07) is 9.45. The first-order chi connectivity index (χ1) is 13.6. The van der Waals surface area contributed by atoms with E-state index >= 15 is 0 Å². The predicted molar refractivity (Wildman–Crippen MR) is 111 cm³/mol. The molecule has 1 heterocycles. The quantitative estimate of drug-likeness (QED) is 0.359. The number of anilines is 1. The van der Waals surface area contributed by atoms with E-state index in [0.29, 0.717) is 6.54 Å². The van der Waals surface area contributed by atoms with Gasteiger partial charge >= 0.3 is 11.8 Å². The van der Waals surface area contributed by atoms with Crippen LogP contribution in [0.5, 0.6) is 0 Å². The van der Waals surface area contributed by atoms with E-state index in [0.717, 1.165) is 47.2 Å². The molecule has 1 aliphatic carbocycles. The van der Waals surface area contributed by atoms with Crippen molar-refractivity contribution in [1.82, 2.24) is 10.7 Å². The second-order valence-corrected chi connectivity index (χ2v) is 7.59. The minimum Gasteiger partial charge on any atom is -0.467 e. The van der Waals surface area contributed by atoms with Crippen molar-refractivity contribution in [3.8, 4) is 0 Å². The van der Waals surface area contributed by atoms with E-state index in [-0.39, 0.29) is 6.04 Å². The molecule has 0 saturated heterocycles. The molecule has 1 saturated carbocycles. The van der Waals surface area contributed by atoms with Gasteiger partial charge in [0.1, 0.15) is 5.76 Å². The molecule has 0 aliphatic heterocycles. The molecule has 1 aliphatic rings. The van der Waals surface area contributed by atoms with Crippen molar-refractivity contribution in [2.75, 3.05) is 5.32 Å². The molecule has 0 atom stereocenters. The number of benzene rings is 1. The highest BCUT2D eigenvalue weighted by Crippen LogP contribution is 2.20. The SMILES string of the molecule is O=C(N/N=C\c1cc(Br)ccc1NCc1ccco1)C(=O)NC1CCCCC1. The van der Waals surface area contributed by atoms with E-state index in [9.17, 15) is 9.59 Å². The summed E-state index contributed by atoms with van der Waals surface area (Å²) < 4.78 is 6.19. The Balaban J connectivity index is 1.55. The van der Waals surface area contributed by atoms with Gasteiger partial charge in [-0.1, -0.05) is 35.2 Å². The van der Waals surface area contributed by atoms with Gasteiger partial charge in [0.2, 0.25) is 0 Å². The normalized spacial score (nSPS) is 14.8. The number of furan rings is 1. The molecule has 3 rings (SSSR count). The van der Waals surface area contributed by atoms with Crippen LogP contribution in [0.15, 0.2) is 50.6 Å². The Hall–Kier alpha value is -2.61. The van der Waals surface area contributed by atoms with Crippen LogP contribution in [0.4, 0.5) is 5.69 Å². The summed E-state index contributed by atoms with van der Waals surface area (Å²) in [5, 5.41) is 9.96. The fourth-order valence-corrected chi connectivity index (χ4v) is 3.48. The zero-order valence-corrected chi connectivity index (χ0v) is 17.0. The summed E-state index contributed by atoms with van der Waals surface area (Å²) in [6.07, 6.45) is 8.32. The van der Waals surface area contributed by atoms with Crippen LogP contribution in [0.3, 0.4) is 0 Å². The summed E-state index contributed by atoms with van der Waals surface area (Å²) in [7, 11) is 0. The third-order valence-electron chi connectivity index (χ3n) is 4.56. The fraction of sp³-hybridized carbons (Fsp3) is 0.350. The van der Waals surface area contributed by atoms with E-state index in [1.165, 1.54) is 12.6 Å². The number of nitrogens with zero attached hydrogens (tertiary/aromatic N) is 1. The molecular formula is C20H23BrN4O3. The van der Waals surface area contributed by atoms with Crippen LogP contribution in [0.2, 0.25) is 0 Å². The van der Waals surface area contributed by atoms with Crippen LogP contribution in [0.25, 0.3) is 0 Å². The number of rotatable bonds is 6. The monoisotopic (exact) mass is 446 g/mol. The van der Waals surface area contributed by atoms with Gasteiger partial charge in [-0.2, -0.15) is 5.10 Å². The summed E-state index contributed by atoms with van der Waals surface area (Å²) in [5.41, 5.74) is 3.88. The third kappa shape index (κ3) is 5.95. The molecule has 0 radical (unpaired) electrons. The number of amides is 2. The number of hydrogen-bond acceptors (Lipinski definition) is 5. The van der Waals surface area contributed by atoms with Gasteiger partial charge in [0, 0.05) is 21.8 Å². The standard InChI is InChI=1S/C20H23BrN4O3/c21-15-8-9-18(22-13-17-7-4-10-28-17)14(11-15)12-23-25-20(27)19(26)24-16-5-2-1-3-6-16/h4,7-12,16,22H,1-3,5-6,13H2,(H,24,26)(H,25,27)/b23-12-. The highest BCUT2D eigenvalue weighted by atomic mass is 79.9.